The summed E-state index contributed by atoms with van der Waals surface area (Å²) in [5, 5.41) is 11.0. The van der Waals surface area contributed by atoms with E-state index in [2.05, 4.69) is 4.84 Å². The predicted molar refractivity (Wildman–Crippen MR) is 69.3 cm³/mol. The predicted octanol–water partition coefficient (Wildman–Crippen LogP) is 1.70. The molecule has 1 aromatic rings. The van der Waals surface area contributed by atoms with E-state index in [9.17, 15) is 18.5 Å². The molecule has 0 heterocycles. The Morgan fingerprint density at radius 1 is 1.26 bits per heavy atom. The first kappa shape index (κ1) is 15.5. The summed E-state index contributed by atoms with van der Waals surface area (Å²) in [4.78, 5) is 15.1. The Bertz CT molecular complexity index is 624. The second-order valence-corrected chi connectivity index (χ2v) is 6.04. The van der Waals surface area contributed by atoms with Gasteiger partial charge in [0.15, 0.2) is 0 Å². The lowest BCUT2D eigenvalue weighted by atomic mass is 10.1. The van der Waals surface area contributed by atoms with Crippen LogP contribution in [0.4, 0.5) is 5.69 Å². The van der Waals surface area contributed by atoms with Crippen molar-refractivity contribution in [2.45, 2.75) is 25.7 Å². The van der Waals surface area contributed by atoms with Crippen molar-refractivity contribution in [2.75, 3.05) is 14.2 Å². The van der Waals surface area contributed by atoms with Crippen LogP contribution in [0.2, 0.25) is 0 Å². The lowest BCUT2D eigenvalue weighted by Crippen LogP contribution is -2.27. The molecule has 1 rings (SSSR count). The molecule has 0 aliphatic heterocycles. The van der Waals surface area contributed by atoms with Crippen LogP contribution < -0.4 is 0 Å². The SMILES string of the molecule is CON(C)S(=O)(=O)c1c(C)cc(C)c([N+](=O)[O-])c1C. The van der Waals surface area contributed by atoms with E-state index in [0.717, 1.165) is 0 Å². The summed E-state index contributed by atoms with van der Waals surface area (Å²) in [7, 11) is -1.47. The molecule has 0 amide bonds. The fourth-order valence-corrected chi connectivity index (χ4v) is 3.46. The topological polar surface area (TPSA) is 89.8 Å². The molecule has 0 radical (unpaired) electrons. The van der Waals surface area contributed by atoms with Gasteiger partial charge in [-0.15, -0.1) is 0 Å². The highest BCUT2D eigenvalue weighted by Gasteiger charge is 2.30. The second-order valence-electron chi connectivity index (χ2n) is 4.17. The maximum atomic E-state index is 12.3. The summed E-state index contributed by atoms with van der Waals surface area (Å²) in [6.45, 7) is 4.60. The Balaban J connectivity index is 3.72. The molecule has 0 aliphatic carbocycles. The van der Waals surface area contributed by atoms with Crippen molar-refractivity contribution in [1.82, 2.24) is 4.47 Å². The standard InChI is InChI=1S/C11H16N2O5S/c1-7-6-8(2)11(9(3)10(7)13(14)15)19(16,17)12(4)18-5/h6H,1-5H3. The highest BCUT2D eigenvalue weighted by atomic mass is 32.2. The molecule has 0 saturated heterocycles. The van der Waals surface area contributed by atoms with Crippen LogP contribution in [0, 0.1) is 30.9 Å². The van der Waals surface area contributed by atoms with Gasteiger partial charge < -0.3 is 0 Å². The Hall–Kier alpha value is -1.51. The van der Waals surface area contributed by atoms with Crippen LogP contribution in [0.5, 0.6) is 0 Å². The first-order chi connectivity index (χ1) is 8.64. The highest BCUT2D eigenvalue weighted by molar-refractivity contribution is 7.89. The summed E-state index contributed by atoms with van der Waals surface area (Å²) in [5.41, 5.74) is 0.809. The summed E-state index contributed by atoms with van der Waals surface area (Å²) >= 11 is 0. The van der Waals surface area contributed by atoms with Gasteiger partial charge in [-0.3, -0.25) is 15.0 Å². The zero-order valence-electron chi connectivity index (χ0n) is 11.4. The van der Waals surface area contributed by atoms with Gasteiger partial charge in [-0.25, -0.2) is 8.42 Å². The van der Waals surface area contributed by atoms with E-state index in [0.29, 0.717) is 15.6 Å². The van der Waals surface area contributed by atoms with Gasteiger partial charge in [0.2, 0.25) is 0 Å². The van der Waals surface area contributed by atoms with Crippen molar-refractivity contribution in [3.8, 4) is 0 Å². The van der Waals surface area contributed by atoms with E-state index in [1.807, 2.05) is 0 Å². The average Bonchev–Trinajstić information content (AvgIpc) is 2.25. The molecule has 7 nitrogen and oxygen atoms in total. The fourth-order valence-electron chi connectivity index (χ4n) is 2.06. The zero-order chi connectivity index (χ0) is 15.0. The largest absolute Gasteiger partial charge is 0.288 e. The lowest BCUT2D eigenvalue weighted by molar-refractivity contribution is -0.386. The van der Waals surface area contributed by atoms with E-state index < -0.39 is 14.9 Å². The molecule has 0 spiro atoms. The Morgan fingerprint density at radius 2 is 1.79 bits per heavy atom. The number of nitro groups is 1. The molecule has 0 bridgehead atoms. The Kier molecular flexibility index (Phi) is 4.28. The van der Waals surface area contributed by atoms with Crippen molar-refractivity contribution in [1.29, 1.82) is 0 Å². The summed E-state index contributed by atoms with van der Waals surface area (Å²) in [6, 6.07) is 1.49. The third-order valence-electron chi connectivity index (χ3n) is 2.90. The summed E-state index contributed by atoms with van der Waals surface area (Å²) in [5.74, 6) is 0. The van der Waals surface area contributed by atoms with Crippen molar-refractivity contribution in [2.24, 2.45) is 0 Å². The lowest BCUT2D eigenvalue weighted by Gasteiger charge is -2.18. The maximum Gasteiger partial charge on any atom is 0.276 e. The van der Waals surface area contributed by atoms with Crippen molar-refractivity contribution in [3.63, 3.8) is 0 Å². The average molecular weight is 288 g/mol. The Labute approximate surface area is 111 Å². The van der Waals surface area contributed by atoms with Gasteiger partial charge in [0.05, 0.1) is 16.9 Å². The minimum atomic E-state index is -3.92. The summed E-state index contributed by atoms with van der Waals surface area (Å²) < 4.78 is 25.2. The monoisotopic (exact) mass is 288 g/mol. The van der Waals surface area contributed by atoms with Crippen LogP contribution in [0.1, 0.15) is 16.7 Å². The van der Waals surface area contributed by atoms with E-state index in [-0.39, 0.29) is 16.1 Å². The number of sulfonamides is 1. The molecule has 1 aromatic carbocycles. The number of nitrogens with zero attached hydrogens (tertiary/aromatic N) is 2. The number of nitro benzene ring substituents is 1. The van der Waals surface area contributed by atoms with Crippen LogP contribution >= 0.6 is 0 Å². The van der Waals surface area contributed by atoms with Gasteiger partial charge in [-0.1, -0.05) is 4.47 Å². The number of hydrogen-bond acceptors (Lipinski definition) is 5. The third-order valence-corrected chi connectivity index (χ3v) is 4.87. The van der Waals surface area contributed by atoms with Crippen molar-refractivity contribution >= 4 is 15.7 Å². The van der Waals surface area contributed by atoms with Crippen LogP contribution in [-0.2, 0) is 14.9 Å². The van der Waals surface area contributed by atoms with Gasteiger partial charge in [0.25, 0.3) is 15.7 Å². The fraction of sp³-hybridized carbons (Fsp3) is 0.455. The number of aryl methyl sites for hydroxylation is 2. The minimum absolute atomic E-state index is 0.0887. The van der Waals surface area contributed by atoms with Gasteiger partial charge >= 0.3 is 0 Å². The van der Waals surface area contributed by atoms with Gasteiger partial charge in [-0.05, 0) is 32.4 Å². The third kappa shape index (κ3) is 2.60. The molecular formula is C11H16N2O5S. The number of benzene rings is 1. The molecule has 19 heavy (non-hydrogen) atoms. The minimum Gasteiger partial charge on any atom is -0.288 e. The molecule has 106 valence electrons. The van der Waals surface area contributed by atoms with Crippen LogP contribution in [-0.4, -0.2) is 32.0 Å². The highest BCUT2D eigenvalue weighted by Crippen LogP contribution is 2.32. The van der Waals surface area contributed by atoms with Crippen LogP contribution in [0.25, 0.3) is 0 Å². The summed E-state index contributed by atoms with van der Waals surface area (Å²) in [6.07, 6.45) is 0. The molecule has 0 N–H and O–H groups in total. The number of hydrogen-bond donors (Lipinski definition) is 0. The molecule has 0 aliphatic rings. The molecule has 0 saturated carbocycles. The Morgan fingerprint density at radius 3 is 2.21 bits per heavy atom. The zero-order valence-corrected chi connectivity index (χ0v) is 12.2. The van der Waals surface area contributed by atoms with Crippen molar-refractivity contribution in [3.05, 3.63) is 32.9 Å². The van der Waals surface area contributed by atoms with Crippen LogP contribution in [0.15, 0.2) is 11.0 Å². The molecular weight excluding hydrogens is 272 g/mol. The smallest absolute Gasteiger partial charge is 0.276 e. The maximum absolute atomic E-state index is 12.3. The number of rotatable bonds is 4. The molecule has 0 atom stereocenters. The normalized spacial score (nSPS) is 11.9. The quantitative estimate of drug-likeness (QED) is 0.621. The first-order valence-electron chi connectivity index (χ1n) is 5.42. The first-order valence-corrected chi connectivity index (χ1v) is 6.86. The van der Waals surface area contributed by atoms with E-state index in [4.69, 9.17) is 0 Å². The van der Waals surface area contributed by atoms with Crippen molar-refractivity contribution < 1.29 is 18.2 Å². The van der Waals surface area contributed by atoms with Crippen LogP contribution in [0.3, 0.4) is 0 Å². The van der Waals surface area contributed by atoms with Gasteiger partial charge in [0, 0.05) is 18.2 Å². The molecule has 0 fully saturated rings. The van der Waals surface area contributed by atoms with Gasteiger partial charge in [0.1, 0.15) is 0 Å². The molecule has 0 aromatic heterocycles. The van der Waals surface area contributed by atoms with E-state index >= 15 is 0 Å². The van der Waals surface area contributed by atoms with E-state index in [1.165, 1.54) is 27.1 Å². The number of hydroxylamine groups is 1. The second kappa shape index (κ2) is 5.24. The van der Waals surface area contributed by atoms with E-state index in [1.54, 1.807) is 13.8 Å². The molecule has 8 heteroatoms. The molecule has 0 unspecified atom stereocenters. The van der Waals surface area contributed by atoms with Gasteiger partial charge in [-0.2, -0.15) is 0 Å².